The first kappa shape index (κ1) is 18.0. The monoisotopic (exact) mass is 373 g/mol. The maximum absolute atomic E-state index is 12.4. The Kier molecular flexibility index (Phi) is 4.69. The highest BCUT2D eigenvalue weighted by Crippen LogP contribution is 2.35. The molecule has 12 heteroatoms. The van der Waals surface area contributed by atoms with E-state index in [0.29, 0.717) is 17.8 Å². The topological polar surface area (TPSA) is 64.6 Å². The van der Waals surface area contributed by atoms with Gasteiger partial charge in [0.15, 0.2) is 0 Å². The molecule has 1 aromatic carbocycles. The minimum atomic E-state index is -5.19. The van der Waals surface area contributed by atoms with Gasteiger partial charge in [0.2, 0.25) is 0 Å². The van der Waals surface area contributed by atoms with Crippen LogP contribution in [0.3, 0.4) is 0 Å². The summed E-state index contributed by atoms with van der Waals surface area (Å²) >= 11 is 0.423. The van der Waals surface area contributed by atoms with E-state index in [0.717, 1.165) is 18.2 Å². The number of ether oxygens (including phenoxy) is 2. The van der Waals surface area contributed by atoms with Crippen molar-refractivity contribution in [2.75, 3.05) is 0 Å². The van der Waals surface area contributed by atoms with E-state index in [1.807, 2.05) is 5.32 Å². The molecule has 130 valence electrons. The van der Waals surface area contributed by atoms with Crippen LogP contribution in [0.15, 0.2) is 23.1 Å². The molecule has 0 radical (unpaired) electrons. The van der Waals surface area contributed by atoms with Crippen molar-refractivity contribution in [1.82, 2.24) is 5.32 Å². The van der Waals surface area contributed by atoms with Gasteiger partial charge in [-0.3, -0.25) is 14.9 Å². The number of imide groups is 1. The molecule has 1 N–H and O–H groups in total. The van der Waals surface area contributed by atoms with Crippen LogP contribution in [0.1, 0.15) is 5.56 Å². The fraction of sp³-hybridized carbons (Fsp3) is 0.167. The molecule has 1 aromatic rings. The van der Waals surface area contributed by atoms with Crippen molar-refractivity contribution in [2.24, 2.45) is 0 Å². The molecule has 2 amide bonds. The van der Waals surface area contributed by atoms with Crippen LogP contribution in [-0.4, -0.2) is 23.9 Å². The van der Waals surface area contributed by atoms with Crippen LogP contribution in [-0.2, 0) is 4.79 Å². The van der Waals surface area contributed by atoms with Gasteiger partial charge >= 0.3 is 12.7 Å². The van der Waals surface area contributed by atoms with Gasteiger partial charge < -0.3 is 9.47 Å². The molecule has 2 rings (SSSR count). The number of halogens is 6. The number of alkyl halides is 6. The van der Waals surface area contributed by atoms with Crippen molar-refractivity contribution < 1.29 is 45.4 Å². The number of nitrogens with one attached hydrogen (secondary N) is 1. The van der Waals surface area contributed by atoms with E-state index in [-0.39, 0.29) is 10.5 Å². The number of carbonyl (C=O) groups excluding carboxylic acids is 2. The Morgan fingerprint density at radius 2 is 1.62 bits per heavy atom. The van der Waals surface area contributed by atoms with Crippen LogP contribution in [0.5, 0.6) is 11.5 Å². The van der Waals surface area contributed by atoms with Crippen LogP contribution < -0.4 is 14.8 Å². The smallest absolute Gasteiger partial charge is 0.406 e. The van der Waals surface area contributed by atoms with Gasteiger partial charge in [0.1, 0.15) is 11.5 Å². The number of rotatable bonds is 3. The van der Waals surface area contributed by atoms with Gasteiger partial charge in [0, 0.05) is 11.6 Å². The molecule has 1 heterocycles. The SMILES string of the molecule is O=C1NC(=O)C(=Cc2ccc(OC(F)(F)F)cc2OC(F)(F)F)S1. The summed E-state index contributed by atoms with van der Waals surface area (Å²) in [5, 5.41) is 1.14. The first-order valence-corrected chi connectivity index (χ1v) is 6.65. The molecule has 0 bridgehead atoms. The van der Waals surface area contributed by atoms with Gasteiger partial charge in [-0.05, 0) is 30.0 Å². The Morgan fingerprint density at radius 1 is 1.00 bits per heavy atom. The molecule has 1 aliphatic heterocycles. The van der Waals surface area contributed by atoms with Gasteiger partial charge in [-0.2, -0.15) is 0 Å². The number of hydrogen-bond acceptors (Lipinski definition) is 5. The normalized spacial score (nSPS) is 17.2. The number of benzene rings is 1. The summed E-state index contributed by atoms with van der Waals surface area (Å²) in [5.41, 5.74) is -0.366. The average molecular weight is 373 g/mol. The Hall–Kier alpha value is -2.37. The zero-order valence-electron chi connectivity index (χ0n) is 11.1. The van der Waals surface area contributed by atoms with E-state index < -0.39 is 35.4 Å². The zero-order valence-corrected chi connectivity index (χ0v) is 11.9. The summed E-state index contributed by atoms with van der Waals surface area (Å²) in [6, 6.07) is 1.93. The summed E-state index contributed by atoms with van der Waals surface area (Å²) in [4.78, 5) is 22.2. The first-order valence-electron chi connectivity index (χ1n) is 5.83. The van der Waals surface area contributed by atoms with Crippen molar-refractivity contribution in [3.05, 3.63) is 28.7 Å². The fourth-order valence-electron chi connectivity index (χ4n) is 1.61. The summed E-state index contributed by atoms with van der Waals surface area (Å²) in [5.74, 6) is -2.81. The molecule has 5 nitrogen and oxygen atoms in total. The summed E-state index contributed by atoms with van der Waals surface area (Å²) in [6.45, 7) is 0. The predicted octanol–water partition coefficient (Wildman–Crippen LogP) is 3.81. The molecule has 0 unspecified atom stereocenters. The van der Waals surface area contributed by atoms with Gasteiger partial charge in [-0.25, -0.2) is 0 Å². The summed E-state index contributed by atoms with van der Waals surface area (Å²) in [6.07, 6.45) is -9.42. The van der Waals surface area contributed by atoms with Gasteiger partial charge in [0.25, 0.3) is 11.1 Å². The van der Waals surface area contributed by atoms with Crippen molar-refractivity contribution in [3.63, 3.8) is 0 Å². The Balaban J connectivity index is 2.41. The van der Waals surface area contributed by atoms with Crippen LogP contribution >= 0.6 is 11.8 Å². The van der Waals surface area contributed by atoms with Gasteiger partial charge in [0.05, 0.1) is 4.91 Å². The first-order chi connectivity index (χ1) is 10.9. The van der Waals surface area contributed by atoms with Crippen molar-refractivity contribution in [1.29, 1.82) is 0 Å². The average Bonchev–Trinajstić information content (AvgIpc) is 2.67. The fourth-order valence-corrected chi connectivity index (χ4v) is 2.28. The van der Waals surface area contributed by atoms with E-state index in [1.165, 1.54) is 0 Å². The van der Waals surface area contributed by atoms with Gasteiger partial charge in [-0.1, -0.05) is 0 Å². The molecular weight excluding hydrogens is 368 g/mol. The Labute approximate surface area is 133 Å². The quantitative estimate of drug-likeness (QED) is 0.645. The van der Waals surface area contributed by atoms with Crippen molar-refractivity contribution in [2.45, 2.75) is 12.7 Å². The largest absolute Gasteiger partial charge is 0.573 e. The third-order valence-corrected chi connectivity index (χ3v) is 3.18. The molecule has 0 aromatic heterocycles. The molecule has 0 atom stereocenters. The molecular formula is C12H5F6NO4S. The molecule has 1 fully saturated rings. The molecule has 1 saturated heterocycles. The van der Waals surface area contributed by atoms with Crippen LogP contribution in [0.25, 0.3) is 6.08 Å². The molecule has 24 heavy (non-hydrogen) atoms. The maximum atomic E-state index is 12.4. The lowest BCUT2D eigenvalue weighted by molar-refractivity contribution is -0.276. The summed E-state index contributed by atoms with van der Waals surface area (Å²) < 4.78 is 80.8. The molecule has 0 spiro atoms. The highest BCUT2D eigenvalue weighted by Gasteiger charge is 2.34. The van der Waals surface area contributed by atoms with E-state index >= 15 is 0 Å². The second kappa shape index (κ2) is 6.26. The van der Waals surface area contributed by atoms with E-state index in [4.69, 9.17) is 0 Å². The highest BCUT2D eigenvalue weighted by molar-refractivity contribution is 8.18. The molecule has 0 saturated carbocycles. The lowest BCUT2D eigenvalue weighted by atomic mass is 10.1. The minimum Gasteiger partial charge on any atom is -0.406 e. The maximum Gasteiger partial charge on any atom is 0.573 e. The standard InChI is InChI=1S/C12H5F6NO4S/c13-11(14,15)22-6-2-1-5(7(4-6)23-12(16,17)18)3-8-9(20)19-10(21)24-8/h1-4H,(H,19,20,21). The zero-order chi connectivity index (χ0) is 18.1. The van der Waals surface area contributed by atoms with E-state index in [2.05, 4.69) is 9.47 Å². The minimum absolute atomic E-state index is 0.239. The summed E-state index contributed by atoms with van der Waals surface area (Å²) in [7, 11) is 0. The second-order valence-electron chi connectivity index (χ2n) is 4.15. The van der Waals surface area contributed by atoms with E-state index in [1.54, 1.807) is 0 Å². The Bertz CT molecular complexity index is 712. The van der Waals surface area contributed by atoms with Gasteiger partial charge in [-0.15, -0.1) is 26.3 Å². The lowest BCUT2D eigenvalue weighted by Crippen LogP contribution is -2.19. The van der Waals surface area contributed by atoms with Crippen molar-refractivity contribution in [3.8, 4) is 11.5 Å². The van der Waals surface area contributed by atoms with Crippen LogP contribution in [0.4, 0.5) is 31.1 Å². The number of thioether (sulfide) groups is 1. The highest BCUT2D eigenvalue weighted by atomic mass is 32.2. The lowest BCUT2D eigenvalue weighted by Gasteiger charge is -2.14. The Morgan fingerprint density at radius 3 is 2.12 bits per heavy atom. The van der Waals surface area contributed by atoms with E-state index in [9.17, 15) is 35.9 Å². The predicted molar refractivity (Wildman–Crippen MR) is 68.9 cm³/mol. The number of carbonyl (C=O) groups is 2. The number of hydrogen-bond donors (Lipinski definition) is 1. The number of amides is 2. The molecule has 0 aliphatic carbocycles. The van der Waals surface area contributed by atoms with Crippen molar-refractivity contribution >= 4 is 29.0 Å². The van der Waals surface area contributed by atoms with Crippen LogP contribution in [0, 0.1) is 0 Å². The third-order valence-electron chi connectivity index (χ3n) is 2.37. The molecule has 1 aliphatic rings. The van der Waals surface area contributed by atoms with Crippen LogP contribution in [0.2, 0.25) is 0 Å². The second-order valence-corrected chi connectivity index (χ2v) is 5.16. The third kappa shape index (κ3) is 5.08.